The highest BCUT2D eigenvalue weighted by Gasteiger charge is 2.01. The van der Waals surface area contributed by atoms with Crippen LogP contribution in [-0.4, -0.2) is 37.3 Å². The molecule has 0 saturated heterocycles. The number of rotatable bonds is 10. The molecule has 0 aliphatic carbocycles. The van der Waals surface area contributed by atoms with Crippen molar-refractivity contribution in [1.29, 1.82) is 0 Å². The molecule has 1 aromatic carbocycles. The molecule has 0 fully saturated rings. The first kappa shape index (κ1) is 17.8. The van der Waals surface area contributed by atoms with Crippen molar-refractivity contribution < 1.29 is 19.4 Å². The number of unbranched alkanes of at least 4 members (excludes halogenated alkanes) is 2. The van der Waals surface area contributed by atoms with E-state index in [9.17, 15) is 9.59 Å². The molecule has 0 saturated carbocycles. The fraction of sp³-hybridized carbons (Fsp3) is 0.500. The van der Waals surface area contributed by atoms with Crippen LogP contribution in [0.4, 0.5) is 4.79 Å². The molecule has 3 N–H and O–H groups in total. The Morgan fingerprint density at radius 3 is 2.64 bits per heavy atom. The van der Waals surface area contributed by atoms with Crippen molar-refractivity contribution in [2.75, 3.05) is 20.2 Å². The number of aliphatic carboxylic acids is 1. The van der Waals surface area contributed by atoms with Crippen molar-refractivity contribution >= 4 is 12.0 Å². The molecule has 6 nitrogen and oxygen atoms in total. The molecule has 6 heteroatoms. The first-order valence-corrected chi connectivity index (χ1v) is 7.48. The van der Waals surface area contributed by atoms with E-state index in [2.05, 4.69) is 10.6 Å². The Morgan fingerprint density at radius 2 is 1.91 bits per heavy atom. The van der Waals surface area contributed by atoms with E-state index < -0.39 is 5.97 Å². The molecule has 122 valence electrons. The van der Waals surface area contributed by atoms with E-state index in [1.807, 2.05) is 24.3 Å². The molecule has 0 aliphatic heterocycles. The molecule has 2 amide bonds. The normalized spacial score (nSPS) is 10.0. The van der Waals surface area contributed by atoms with E-state index in [0.717, 1.165) is 30.6 Å². The number of amides is 2. The lowest BCUT2D eigenvalue weighted by atomic mass is 10.1. The fourth-order valence-electron chi connectivity index (χ4n) is 1.99. The Hall–Kier alpha value is -2.24. The standard InChI is InChI=1S/C16H24N2O4/c1-22-14-7-5-6-13(12-14)9-11-18-16(21)17-10-4-2-3-8-15(19)20/h5-7,12H,2-4,8-11H2,1H3,(H,19,20)(H2,17,18,21). The van der Waals surface area contributed by atoms with Crippen molar-refractivity contribution in [2.45, 2.75) is 32.1 Å². The van der Waals surface area contributed by atoms with Gasteiger partial charge in [-0.3, -0.25) is 4.79 Å². The number of hydrogen-bond acceptors (Lipinski definition) is 3. The lowest BCUT2D eigenvalue weighted by Gasteiger charge is -2.08. The molecule has 0 aromatic heterocycles. The summed E-state index contributed by atoms with van der Waals surface area (Å²) in [6.07, 6.45) is 3.16. The maximum Gasteiger partial charge on any atom is 0.314 e. The van der Waals surface area contributed by atoms with Gasteiger partial charge in [-0.25, -0.2) is 4.79 Å². The number of carbonyl (C=O) groups is 2. The van der Waals surface area contributed by atoms with Gasteiger partial charge < -0.3 is 20.5 Å². The number of ether oxygens (including phenoxy) is 1. The minimum atomic E-state index is -0.775. The van der Waals surface area contributed by atoms with Gasteiger partial charge in [0.25, 0.3) is 0 Å². The molecule has 0 unspecified atom stereocenters. The predicted octanol–water partition coefficient (Wildman–Crippen LogP) is 2.18. The van der Waals surface area contributed by atoms with Gasteiger partial charge in [0.05, 0.1) is 7.11 Å². The predicted molar refractivity (Wildman–Crippen MR) is 84.2 cm³/mol. The Bertz CT molecular complexity index is 477. The molecule has 0 bridgehead atoms. The van der Waals surface area contributed by atoms with Crippen LogP contribution in [-0.2, 0) is 11.2 Å². The quantitative estimate of drug-likeness (QED) is 0.578. The van der Waals surface area contributed by atoms with Gasteiger partial charge in [0.15, 0.2) is 0 Å². The zero-order chi connectivity index (χ0) is 16.2. The third-order valence-electron chi connectivity index (χ3n) is 3.19. The summed E-state index contributed by atoms with van der Waals surface area (Å²) >= 11 is 0. The minimum absolute atomic E-state index is 0.187. The molecule has 0 radical (unpaired) electrons. The number of methoxy groups -OCH3 is 1. The minimum Gasteiger partial charge on any atom is -0.497 e. The summed E-state index contributed by atoms with van der Waals surface area (Å²) in [6, 6.07) is 7.55. The number of urea groups is 1. The van der Waals surface area contributed by atoms with Gasteiger partial charge in [-0.2, -0.15) is 0 Å². The van der Waals surface area contributed by atoms with E-state index in [1.54, 1.807) is 7.11 Å². The van der Waals surface area contributed by atoms with E-state index in [0.29, 0.717) is 19.5 Å². The third-order valence-corrected chi connectivity index (χ3v) is 3.19. The summed E-state index contributed by atoms with van der Waals surface area (Å²) in [4.78, 5) is 21.9. The average molecular weight is 308 g/mol. The van der Waals surface area contributed by atoms with Gasteiger partial charge in [0.2, 0.25) is 0 Å². The maximum atomic E-state index is 11.6. The maximum absolute atomic E-state index is 11.6. The lowest BCUT2D eigenvalue weighted by Crippen LogP contribution is -2.37. The van der Waals surface area contributed by atoms with Gasteiger partial charge in [-0.1, -0.05) is 18.6 Å². The van der Waals surface area contributed by atoms with Crippen LogP contribution in [0.15, 0.2) is 24.3 Å². The highest BCUT2D eigenvalue weighted by Crippen LogP contribution is 2.12. The molecule has 22 heavy (non-hydrogen) atoms. The number of nitrogens with one attached hydrogen (secondary N) is 2. The Labute approximate surface area is 130 Å². The van der Waals surface area contributed by atoms with E-state index in [-0.39, 0.29) is 12.5 Å². The number of carboxylic acid groups (broad SMARTS) is 1. The van der Waals surface area contributed by atoms with Gasteiger partial charge >= 0.3 is 12.0 Å². The average Bonchev–Trinajstić information content (AvgIpc) is 2.50. The van der Waals surface area contributed by atoms with Crippen LogP contribution in [0.25, 0.3) is 0 Å². The second-order valence-corrected chi connectivity index (χ2v) is 4.99. The van der Waals surface area contributed by atoms with E-state index in [1.165, 1.54) is 0 Å². The van der Waals surface area contributed by atoms with Crippen molar-refractivity contribution in [3.63, 3.8) is 0 Å². The van der Waals surface area contributed by atoms with Crippen LogP contribution in [0.2, 0.25) is 0 Å². The SMILES string of the molecule is COc1cccc(CCNC(=O)NCCCCCC(=O)O)c1. The highest BCUT2D eigenvalue weighted by atomic mass is 16.5. The summed E-state index contributed by atoms with van der Waals surface area (Å²) in [5.74, 6) is 0.0338. The number of benzene rings is 1. The van der Waals surface area contributed by atoms with Crippen LogP contribution < -0.4 is 15.4 Å². The Balaban J connectivity index is 2.07. The van der Waals surface area contributed by atoms with E-state index in [4.69, 9.17) is 9.84 Å². The second kappa shape index (κ2) is 10.5. The number of carboxylic acids is 1. The molecular formula is C16H24N2O4. The van der Waals surface area contributed by atoms with Crippen molar-refractivity contribution in [3.8, 4) is 5.75 Å². The largest absolute Gasteiger partial charge is 0.497 e. The topological polar surface area (TPSA) is 87.7 Å². The molecule has 0 aliphatic rings. The number of hydrogen-bond donors (Lipinski definition) is 3. The monoisotopic (exact) mass is 308 g/mol. The van der Waals surface area contributed by atoms with Gasteiger partial charge in [-0.15, -0.1) is 0 Å². The summed E-state index contributed by atoms with van der Waals surface area (Å²) in [6.45, 7) is 1.11. The molecular weight excluding hydrogens is 284 g/mol. The molecule has 0 atom stereocenters. The van der Waals surface area contributed by atoms with Crippen LogP contribution in [0.1, 0.15) is 31.2 Å². The summed E-state index contributed by atoms with van der Waals surface area (Å²) in [7, 11) is 1.63. The Kier molecular flexibility index (Phi) is 8.49. The lowest BCUT2D eigenvalue weighted by molar-refractivity contribution is -0.137. The highest BCUT2D eigenvalue weighted by molar-refractivity contribution is 5.73. The third kappa shape index (κ3) is 8.14. The first-order valence-electron chi connectivity index (χ1n) is 7.48. The molecule has 0 spiro atoms. The van der Waals surface area contributed by atoms with Gasteiger partial charge in [-0.05, 0) is 37.0 Å². The van der Waals surface area contributed by atoms with Crippen LogP contribution in [0.5, 0.6) is 5.75 Å². The number of carbonyl (C=O) groups excluding carboxylic acids is 1. The first-order chi connectivity index (χ1) is 10.6. The van der Waals surface area contributed by atoms with Crippen molar-refractivity contribution in [3.05, 3.63) is 29.8 Å². The fourth-order valence-corrected chi connectivity index (χ4v) is 1.99. The van der Waals surface area contributed by atoms with E-state index >= 15 is 0 Å². The smallest absolute Gasteiger partial charge is 0.314 e. The van der Waals surface area contributed by atoms with Crippen molar-refractivity contribution in [1.82, 2.24) is 10.6 Å². The Morgan fingerprint density at radius 1 is 1.14 bits per heavy atom. The molecule has 1 aromatic rings. The second-order valence-electron chi connectivity index (χ2n) is 4.99. The summed E-state index contributed by atoms with van der Waals surface area (Å²) in [5.41, 5.74) is 1.10. The molecule has 1 rings (SSSR count). The van der Waals surface area contributed by atoms with Crippen LogP contribution in [0, 0.1) is 0 Å². The van der Waals surface area contributed by atoms with Crippen LogP contribution in [0.3, 0.4) is 0 Å². The zero-order valence-corrected chi connectivity index (χ0v) is 12.9. The summed E-state index contributed by atoms with van der Waals surface area (Å²) < 4.78 is 5.15. The molecule has 0 heterocycles. The zero-order valence-electron chi connectivity index (χ0n) is 12.9. The summed E-state index contributed by atoms with van der Waals surface area (Å²) in [5, 5.41) is 14.0. The van der Waals surface area contributed by atoms with Gasteiger partial charge in [0.1, 0.15) is 5.75 Å². The van der Waals surface area contributed by atoms with Gasteiger partial charge in [0, 0.05) is 19.5 Å². The van der Waals surface area contributed by atoms with Crippen LogP contribution >= 0.6 is 0 Å². The van der Waals surface area contributed by atoms with Crippen molar-refractivity contribution in [2.24, 2.45) is 0 Å².